The van der Waals surface area contributed by atoms with E-state index in [0.717, 1.165) is 48.9 Å². The summed E-state index contributed by atoms with van der Waals surface area (Å²) in [5, 5.41) is 10.9. The van der Waals surface area contributed by atoms with Crippen molar-refractivity contribution in [2.75, 3.05) is 6.54 Å². The van der Waals surface area contributed by atoms with E-state index >= 15 is 0 Å². The van der Waals surface area contributed by atoms with Gasteiger partial charge in [0.1, 0.15) is 6.29 Å². The van der Waals surface area contributed by atoms with E-state index in [1.54, 1.807) is 6.20 Å². The van der Waals surface area contributed by atoms with Gasteiger partial charge >= 0.3 is 0 Å². The van der Waals surface area contributed by atoms with Gasteiger partial charge in [-0.1, -0.05) is 48.5 Å². The van der Waals surface area contributed by atoms with Crippen molar-refractivity contribution in [1.82, 2.24) is 9.88 Å². The maximum Gasteiger partial charge on any atom is 0.150 e. The van der Waals surface area contributed by atoms with Crippen LogP contribution in [0.1, 0.15) is 50.8 Å². The quantitative estimate of drug-likeness (QED) is 0.601. The number of hydrogen-bond donors (Lipinski definition) is 1. The third-order valence-corrected chi connectivity index (χ3v) is 6.04. The van der Waals surface area contributed by atoms with Crippen LogP contribution in [0.4, 0.5) is 0 Å². The van der Waals surface area contributed by atoms with E-state index in [1.165, 1.54) is 16.7 Å². The third-order valence-electron chi connectivity index (χ3n) is 6.04. The highest BCUT2D eigenvalue weighted by molar-refractivity contribution is 5.75. The molecule has 0 bridgehead atoms. The zero-order valence-electron chi connectivity index (χ0n) is 17.4. The van der Waals surface area contributed by atoms with E-state index in [9.17, 15) is 9.90 Å². The van der Waals surface area contributed by atoms with Crippen LogP contribution < -0.4 is 0 Å². The van der Waals surface area contributed by atoms with Crippen molar-refractivity contribution in [3.8, 4) is 0 Å². The van der Waals surface area contributed by atoms with Crippen molar-refractivity contribution in [2.24, 2.45) is 0 Å². The van der Waals surface area contributed by atoms with Crippen LogP contribution in [-0.2, 0) is 19.4 Å². The Balaban J connectivity index is 1.56. The van der Waals surface area contributed by atoms with E-state index in [-0.39, 0.29) is 0 Å². The largest absolute Gasteiger partial charge is 0.387 e. The SMILES string of the molecule is Cc1ccc([C@@H](O)CN(Cc2ccccc2)[C@H]2CCc3ccc(C=O)cc3C2)cn1. The molecule has 1 N–H and O–H groups in total. The first kappa shape index (κ1) is 20.5. The van der Waals surface area contributed by atoms with Gasteiger partial charge < -0.3 is 5.11 Å². The lowest BCUT2D eigenvalue weighted by molar-refractivity contribution is 0.0757. The number of aliphatic hydroxyl groups excluding tert-OH is 1. The van der Waals surface area contributed by atoms with Crippen molar-refractivity contribution >= 4 is 6.29 Å². The fourth-order valence-electron chi connectivity index (χ4n) is 4.31. The molecule has 2 atom stereocenters. The van der Waals surface area contributed by atoms with Gasteiger partial charge in [0.15, 0.2) is 0 Å². The first-order chi connectivity index (χ1) is 14.6. The van der Waals surface area contributed by atoms with Gasteiger partial charge in [0.25, 0.3) is 0 Å². The Morgan fingerprint density at radius 3 is 2.70 bits per heavy atom. The summed E-state index contributed by atoms with van der Waals surface area (Å²) >= 11 is 0. The monoisotopic (exact) mass is 400 g/mol. The molecule has 1 heterocycles. The normalized spacial score (nSPS) is 16.8. The number of hydrogen-bond acceptors (Lipinski definition) is 4. The molecule has 4 rings (SSSR count). The minimum atomic E-state index is -0.593. The molecule has 154 valence electrons. The van der Waals surface area contributed by atoms with Crippen LogP contribution in [0.25, 0.3) is 0 Å². The molecule has 0 fully saturated rings. The molecule has 2 aromatic carbocycles. The Bertz CT molecular complexity index is 986. The number of nitrogens with zero attached hydrogens (tertiary/aromatic N) is 2. The predicted molar refractivity (Wildman–Crippen MR) is 118 cm³/mol. The molecule has 30 heavy (non-hydrogen) atoms. The molecule has 0 spiro atoms. The second-order valence-corrected chi connectivity index (χ2v) is 8.21. The fourth-order valence-corrected chi connectivity index (χ4v) is 4.31. The third kappa shape index (κ3) is 4.84. The second-order valence-electron chi connectivity index (χ2n) is 8.21. The zero-order chi connectivity index (χ0) is 20.9. The number of fused-ring (bicyclic) bond motifs is 1. The highest BCUT2D eigenvalue weighted by atomic mass is 16.3. The number of aryl methyl sites for hydroxylation is 2. The first-order valence-electron chi connectivity index (χ1n) is 10.6. The molecule has 1 aliphatic carbocycles. The average Bonchev–Trinajstić information content (AvgIpc) is 2.79. The second kappa shape index (κ2) is 9.33. The van der Waals surface area contributed by atoms with Crippen molar-refractivity contribution in [3.63, 3.8) is 0 Å². The van der Waals surface area contributed by atoms with Crippen LogP contribution in [0.5, 0.6) is 0 Å². The molecular weight excluding hydrogens is 372 g/mol. The molecule has 4 heteroatoms. The molecule has 3 aromatic rings. The number of aldehydes is 1. The van der Waals surface area contributed by atoms with Crippen molar-refractivity contribution in [1.29, 1.82) is 0 Å². The van der Waals surface area contributed by atoms with Gasteiger partial charge in [0.2, 0.25) is 0 Å². The van der Waals surface area contributed by atoms with Crippen LogP contribution in [0, 0.1) is 6.92 Å². The minimum Gasteiger partial charge on any atom is -0.387 e. The highest BCUT2D eigenvalue weighted by Crippen LogP contribution is 2.28. The Hall–Kier alpha value is -2.82. The van der Waals surface area contributed by atoms with Crippen LogP contribution in [0.15, 0.2) is 66.9 Å². The summed E-state index contributed by atoms with van der Waals surface area (Å²) in [5.74, 6) is 0. The Morgan fingerprint density at radius 1 is 1.13 bits per heavy atom. The molecule has 0 saturated heterocycles. The maximum absolute atomic E-state index is 11.2. The van der Waals surface area contributed by atoms with E-state index in [2.05, 4.69) is 40.2 Å². The minimum absolute atomic E-state index is 0.313. The Kier molecular flexibility index (Phi) is 6.36. The van der Waals surface area contributed by atoms with Gasteiger partial charge in [-0.2, -0.15) is 0 Å². The molecule has 4 nitrogen and oxygen atoms in total. The van der Waals surface area contributed by atoms with Crippen LogP contribution >= 0.6 is 0 Å². The topological polar surface area (TPSA) is 53.4 Å². The van der Waals surface area contributed by atoms with Gasteiger partial charge in [0, 0.05) is 42.1 Å². The van der Waals surface area contributed by atoms with Gasteiger partial charge in [-0.25, -0.2) is 0 Å². The lowest BCUT2D eigenvalue weighted by Crippen LogP contribution is -2.41. The van der Waals surface area contributed by atoms with E-state index < -0.39 is 6.10 Å². The number of pyridine rings is 1. The average molecular weight is 401 g/mol. The number of aromatic nitrogens is 1. The fraction of sp³-hybridized carbons (Fsp3) is 0.308. The van der Waals surface area contributed by atoms with Gasteiger partial charge in [-0.05, 0) is 55.0 Å². The molecule has 0 saturated carbocycles. The van der Waals surface area contributed by atoms with E-state index in [4.69, 9.17) is 0 Å². The highest BCUT2D eigenvalue weighted by Gasteiger charge is 2.26. The summed E-state index contributed by atoms with van der Waals surface area (Å²) in [4.78, 5) is 18.0. The zero-order valence-corrected chi connectivity index (χ0v) is 17.4. The molecule has 0 radical (unpaired) electrons. The Morgan fingerprint density at radius 2 is 1.97 bits per heavy atom. The standard InChI is InChI=1S/C26H28N2O2/c1-19-7-9-23(15-27-19)26(30)17-28(16-20-5-3-2-4-6-20)25-12-11-22-10-8-21(18-29)13-24(22)14-25/h2-10,13,15,18,25-26,30H,11-12,14,16-17H2,1H3/t25-,26-/m0/s1. The molecule has 0 amide bonds. The maximum atomic E-state index is 11.2. The number of benzene rings is 2. The molecule has 1 aliphatic rings. The first-order valence-corrected chi connectivity index (χ1v) is 10.6. The van der Waals surface area contributed by atoms with Crippen molar-refractivity contribution in [2.45, 2.75) is 44.9 Å². The van der Waals surface area contributed by atoms with Crippen LogP contribution in [-0.4, -0.2) is 33.9 Å². The lowest BCUT2D eigenvalue weighted by atomic mass is 9.86. The Labute approximate surface area is 178 Å². The van der Waals surface area contributed by atoms with Gasteiger partial charge in [-0.15, -0.1) is 0 Å². The van der Waals surface area contributed by atoms with Crippen LogP contribution in [0.3, 0.4) is 0 Å². The summed E-state index contributed by atoms with van der Waals surface area (Å²) in [7, 11) is 0. The van der Waals surface area contributed by atoms with Gasteiger partial charge in [0.05, 0.1) is 6.10 Å². The summed E-state index contributed by atoms with van der Waals surface area (Å²) in [5.41, 5.74) is 6.34. The number of carbonyl (C=O) groups excluding carboxylic acids is 1. The number of aliphatic hydroxyl groups is 1. The smallest absolute Gasteiger partial charge is 0.150 e. The van der Waals surface area contributed by atoms with E-state index in [1.807, 2.05) is 37.3 Å². The molecule has 1 aromatic heterocycles. The summed E-state index contributed by atoms with van der Waals surface area (Å²) in [6, 6.07) is 20.6. The molecule has 0 aliphatic heterocycles. The number of carbonyl (C=O) groups is 1. The lowest BCUT2D eigenvalue weighted by Gasteiger charge is -2.36. The van der Waals surface area contributed by atoms with Crippen molar-refractivity contribution in [3.05, 3.63) is 100 Å². The summed E-state index contributed by atoms with van der Waals surface area (Å²) in [6.07, 6.45) is 5.02. The summed E-state index contributed by atoms with van der Waals surface area (Å²) < 4.78 is 0. The number of rotatable bonds is 7. The summed E-state index contributed by atoms with van der Waals surface area (Å²) in [6.45, 7) is 3.28. The van der Waals surface area contributed by atoms with E-state index in [0.29, 0.717) is 12.6 Å². The van der Waals surface area contributed by atoms with Gasteiger partial charge in [-0.3, -0.25) is 14.7 Å². The van der Waals surface area contributed by atoms with Crippen LogP contribution in [0.2, 0.25) is 0 Å². The predicted octanol–water partition coefficient (Wildman–Crippen LogP) is 4.30. The van der Waals surface area contributed by atoms with Crippen molar-refractivity contribution < 1.29 is 9.90 Å². The molecular formula is C26H28N2O2. The molecule has 0 unspecified atom stereocenters.